The predicted octanol–water partition coefficient (Wildman–Crippen LogP) is 1.63. The molecule has 0 rings (SSSR count). The molecule has 0 saturated heterocycles. The Balaban J connectivity index is 3.50. The zero-order valence-corrected chi connectivity index (χ0v) is 9.66. The van der Waals surface area contributed by atoms with E-state index in [4.69, 9.17) is 11.6 Å². The summed E-state index contributed by atoms with van der Waals surface area (Å²) >= 11 is 5.53. The Bertz CT molecular complexity index is 195. The molecule has 3 nitrogen and oxygen atoms in total. The molecule has 1 unspecified atom stereocenters. The largest absolute Gasteiger partial charge is 0.353 e. The van der Waals surface area contributed by atoms with E-state index in [1.165, 1.54) is 0 Å². The number of amides is 1. The molecule has 0 heterocycles. The number of nitrogens with one attached hydrogen (secondary N) is 2. The van der Waals surface area contributed by atoms with Gasteiger partial charge in [0.25, 0.3) is 0 Å². The fourth-order valence-electron chi connectivity index (χ4n) is 1.14. The maximum Gasteiger partial charge on any atom is 0.234 e. The topological polar surface area (TPSA) is 41.1 Å². The number of carbonyl (C=O) groups is 1. The van der Waals surface area contributed by atoms with Crippen LogP contribution in [-0.2, 0) is 4.79 Å². The third-order valence-corrected chi connectivity index (χ3v) is 1.87. The maximum atomic E-state index is 11.3. The summed E-state index contributed by atoms with van der Waals surface area (Å²) < 4.78 is 0. The summed E-state index contributed by atoms with van der Waals surface area (Å²) in [6.45, 7) is 8.37. The number of carbonyl (C=O) groups excluding carboxylic acids is 1. The van der Waals surface area contributed by atoms with Crippen molar-refractivity contribution in [2.24, 2.45) is 0 Å². The summed E-state index contributed by atoms with van der Waals surface area (Å²) in [7, 11) is 0. The molecule has 0 aliphatic carbocycles. The molecule has 0 aromatic carbocycles. The third-order valence-electron chi connectivity index (χ3n) is 1.73. The zero-order valence-electron chi connectivity index (χ0n) is 8.90. The first kappa shape index (κ1) is 13.5. The molecule has 0 radical (unpaired) electrons. The SMILES string of the molecule is C=C(Cl)CNCC(=O)NC(C)CCC. The van der Waals surface area contributed by atoms with Gasteiger partial charge in [-0.3, -0.25) is 4.79 Å². The van der Waals surface area contributed by atoms with Crippen LogP contribution in [0.15, 0.2) is 11.6 Å². The van der Waals surface area contributed by atoms with Crippen LogP contribution in [0.2, 0.25) is 0 Å². The first-order valence-electron chi connectivity index (χ1n) is 4.89. The van der Waals surface area contributed by atoms with E-state index in [0.717, 1.165) is 12.8 Å². The molecule has 0 aromatic rings. The van der Waals surface area contributed by atoms with Gasteiger partial charge in [0.15, 0.2) is 0 Å². The van der Waals surface area contributed by atoms with Crippen molar-refractivity contribution in [2.75, 3.05) is 13.1 Å². The van der Waals surface area contributed by atoms with Gasteiger partial charge in [0.2, 0.25) is 5.91 Å². The molecule has 0 aliphatic rings. The van der Waals surface area contributed by atoms with Crippen LogP contribution in [0.4, 0.5) is 0 Å². The van der Waals surface area contributed by atoms with E-state index in [2.05, 4.69) is 24.1 Å². The highest BCUT2D eigenvalue weighted by Crippen LogP contribution is 1.94. The summed E-state index contributed by atoms with van der Waals surface area (Å²) in [5.41, 5.74) is 0. The highest BCUT2D eigenvalue weighted by molar-refractivity contribution is 6.29. The summed E-state index contributed by atoms with van der Waals surface area (Å²) in [5.74, 6) is 0.00358. The average Bonchev–Trinajstić information content (AvgIpc) is 2.03. The number of hydrogen-bond acceptors (Lipinski definition) is 2. The molecule has 82 valence electrons. The Morgan fingerprint density at radius 1 is 1.50 bits per heavy atom. The van der Waals surface area contributed by atoms with Crippen molar-refractivity contribution in [1.82, 2.24) is 10.6 Å². The van der Waals surface area contributed by atoms with Crippen LogP contribution in [0.1, 0.15) is 26.7 Å². The van der Waals surface area contributed by atoms with Crippen LogP contribution in [0.25, 0.3) is 0 Å². The molecule has 0 aromatic heterocycles. The lowest BCUT2D eigenvalue weighted by atomic mass is 10.2. The van der Waals surface area contributed by atoms with E-state index >= 15 is 0 Å². The Morgan fingerprint density at radius 2 is 2.14 bits per heavy atom. The lowest BCUT2D eigenvalue weighted by Gasteiger charge is -2.12. The minimum atomic E-state index is 0.00358. The standard InChI is InChI=1S/C10H19ClN2O/c1-4-5-9(3)13-10(14)7-12-6-8(2)11/h9,12H,2,4-7H2,1,3H3,(H,13,14). The minimum Gasteiger partial charge on any atom is -0.353 e. The second-order valence-corrected chi connectivity index (χ2v) is 3.91. The molecule has 0 fully saturated rings. The van der Waals surface area contributed by atoms with Gasteiger partial charge < -0.3 is 10.6 Å². The van der Waals surface area contributed by atoms with Gasteiger partial charge in [-0.05, 0) is 13.3 Å². The Morgan fingerprint density at radius 3 is 2.64 bits per heavy atom. The van der Waals surface area contributed by atoms with Crippen molar-refractivity contribution >= 4 is 17.5 Å². The quantitative estimate of drug-likeness (QED) is 0.682. The van der Waals surface area contributed by atoms with Gasteiger partial charge in [0, 0.05) is 17.6 Å². The first-order valence-corrected chi connectivity index (χ1v) is 5.27. The summed E-state index contributed by atoms with van der Waals surface area (Å²) in [6.07, 6.45) is 2.08. The van der Waals surface area contributed by atoms with Gasteiger partial charge in [0.1, 0.15) is 0 Å². The van der Waals surface area contributed by atoms with Crippen molar-refractivity contribution in [3.8, 4) is 0 Å². The van der Waals surface area contributed by atoms with Crippen molar-refractivity contribution < 1.29 is 4.79 Å². The highest BCUT2D eigenvalue weighted by atomic mass is 35.5. The molecular formula is C10H19ClN2O. The lowest BCUT2D eigenvalue weighted by Crippen LogP contribution is -2.39. The third kappa shape index (κ3) is 8.08. The molecular weight excluding hydrogens is 200 g/mol. The van der Waals surface area contributed by atoms with E-state index in [1.54, 1.807) is 0 Å². The highest BCUT2D eigenvalue weighted by Gasteiger charge is 2.05. The van der Waals surface area contributed by atoms with E-state index in [1.807, 2.05) is 6.92 Å². The summed E-state index contributed by atoms with van der Waals surface area (Å²) in [5, 5.41) is 6.28. The van der Waals surface area contributed by atoms with Crippen molar-refractivity contribution in [3.05, 3.63) is 11.6 Å². The van der Waals surface area contributed by atoms with Crippen LogP contribution >= 0.6 is 11.6 Å². The second kappa shape index (κ2) is 7.83. The zero-order chi connectivity index (χ0) is 11.0. The molecule has 14 heavy (non-hydrogen) atoms. The molecule has 4 heteroatoms. The van der Waals surface area contributed by atoms with Crippen molar-refractivity contribution in [3.63, 3.8) is 0 Å². The monoisotopic (exact) mass is 218 g/mol. The number of hydrogen-bond donors (Lipinski definition) is 2. The van der Waals surface area contributed by atoms with E-state index < -0.39 is 0 Å². The van der Waals surface area contributed by atoms with Crippen LogP contribution in [0.3, 0.4) is 0 Å². The Kier molecular flexibility index (Phi) is 7.52. The van der Waals surface area contributed by atoms with Gasteiger partial charge in [-0.1, -0.05) is 31.5 Å². The van der Waals surface area contributed by atoms with Crippen LogP contribution in [0, 0.1) is 0 Å². The van der Waals surface area contributed by atoms with E-state index in [-0.39, 0.29) is 11.9 Å². The minimum absolute atomic E-state index is 0.00358. The molecule has 0 saturated carbocycles. The number of halogens is 1. The molecule has 0 spiro atoms. The smallest absolute Gasteiger partial charge is 0.234 e. The van der Waals surface area contributed by atoms with Gasteiger partial charge in [-0.15, -0.1) is 0 Å². The first-order chi connectivity index (χ1) is 6.56. The molecule has 1 amide bonds. The Hall–Kier alpha value is -0.540. The van der Waals surface area contributed by atoms with Gasteiger partial charge in [-0.2, -0.15) is 0 Å². The van der Waals surface area contributed by atoms with Crippen LogP contribution < -0.4 is 10.6 Å². The summed E-state index contributed by atoms with van der Waals surface area (Å²) in [6, 6.07) is 0.244. The van der Waals surface area contributed by atoms with Gasteiger partial charge in [-0.25, -0.2) is 0 Å². The maximum absolute atomic E-state index is 11.3. The summed E-state index contributed by atoms with van der Waals surface area (Å²) in [4.78, 5) is 11.3. The predicted molar refractivity (Wildman–Crippen MR) is 60.4 cm³/mol. The van der Waals surface area contributed by atoms with E-state index in [9.17, 15) is 4.79 Å². The van der Waals surface area contributed by atoms with Gasteiger partial charge >= 0.3 is 0 Å². The normalized spacial score (nSPS) is 12.2. The average molecular weight is 219 g/mol. The molecule has 0 bridgehead atoms. The number of rotatable bonds is 7. The van der Waals surface area contributed by atoms with Crippen LogP contribution in [0.5, 0.6) is 0 Å². The second-order valence-electron chi connectivity index (χ2n) is 3.38. The van der Waals surface area contributed by atoms with Crippen LogP contribution in [-0.4, -0.2) is 25.0 Å². The van der Waals surface area contributed by atoms with Crippen molar-refractivity contribution in [2.45, 2.75) is 32.7 Å². The molecule has 0 aliphatic heterocycles. The van der Waals surface area contributed by atoms with Crippen molar-refractivity contribution in [1.29, 1.82) is 0 Å². The lowest BCUT2D eigenvalue weighted by molar-refractivity contribution is -0.120. The fraction of sp³-hybridized carbons (Fsp3) is 0.700. The fourth-order valence-corrected chi connectivity index (χ4v) is 1.24. The molecule has 2 N–H and O–H groups in total. The van der Waals surface area contributed by atoms with Gasteiger partial charge in [0.05, 0.1) is 6.54 Å². The Labute approximate surface area is 90.9 Å². The van der Waals surface area contributed by atoms with E-state index in [0.29, 0.717) is 18.1 Å². The molecule has 1 atom stereocenters.